The third-order valence-electron chi connectivity index (χ3n) is 3.83. The van der Waals surface area contributed by atoms with E-state index in [1.165, 1.54) is 18.1 Å². The van der Waals surface area contributed by atoms with E-state index < -0.39 is 23.1 Å². The molecule has 2 aromatic rings. The fourth-order valence-electron chi connectivity index (χ4n) is 2.72. The molecule has 7 heteroatoms. The molecule has 1 amide bonds. The first-order valence-corrected chi connectivity index (χ1v) is 6.88. The maximum Gasteiger partial charge on any atom is 0.266 e. The molecule has 0 saturated carbocycles. The molecule has 0 saturated heterocycles. The molecule has 1 aliphatic rings. The van der Waals surface area contributed by atoms with Crippen LogP contribution in [0.3, 0.4) is 0 Å². The van der Waals surface area contributed by atoms with Gasteiger partial charge in [0.05, 0.1) is 0 Å². The van der Waals surface area contributed by atoms with Crippen LogP contribution in [0.4, 0.5) is 8.78 Å². The lowest BCUT2D eigenvalue weighted by Gasteiger charge is -2.26. The molecule has 3 rings (SSSR count). The van der Waals surface area contributed by atoms with Crippen molar-refractivity contribution in [1.82, 2.24) is 9.88 Å². The number of nitrogens with zero attached hydrogens (tertiary/aromatic N) is 3. The monoisotopic (exact) mass is 316 g/mol. The Morgan fingerprint density at radius 1 is 1.13 bits per heavy atom. The summed E-state index contributed by atoms with van der Waals surface area (Å²) in [7, 11) is 1.46. The largest absolute Gasteiger partial charge is 0.369 e. The number of aryl methyl sites for hydroxylation is 1. The minimum absolute atomic E-state index is 0.0193. The number of benzene rings is 1. The van der Waals surface area contributed by atoms with Gasteiger partial charge in [0.15, 0.2) is 11.5 Å². The molecule has 1 aromatic heterocycles. The number of aromatic nitrogens is 1. The highest BCUT2D eigenvalue weighted by Gasteiger charge is 2.50. The van der Waals surface area contributed by atoms with Gasteiger partial charge >= 0.3 is 0 Å². The van der Waals surface area contributed by atoms with E-state index in [0.717, 1.165) is 18.2 Å². The quantitative estimate of drug-likeness (QED) is 0.916. The summed E-state index contributed by atoms with van der Waals surface area (Å²) < 4.78 is 27.4. The van der Waals surface area contributed by atoms with Crippen molar-refractivity contribution in [3.8, 4) is 0 Å². The zero-order chi connectivity index (χ0) is 16.8. The molecule has 2 heterocycles. The van der Waals surface area contributed by atoms with Gasteiger partial charge in [-0.3, -0.25) is 14.7 Å². The molecule has 0 bridgehead atoms. The first-order chi connectivity index (χ1) is 10.8. The number of aliphatic imine (C=N–C) groups is 1. The van der Waals surface area contributed by atoms with Crippen LogP contribution in [0.2, 0.25) is 0 Å². The Morgan fingerprint density at radius 2 is 1.78 bits per heavy atom. The van der Waals surface area contributed by atoms with Crippen molar-refractivity contribution in [3.63, 3.8) is 0 Å². The van der Waals surface area contributed by atoms with Gasteiger partial charge in [0, 0.05) is 25.0 Å². The lowest BCUT2D eigenvalue weighted by molar-refractivity contribution is -0.129. The molecular weight excluding hydrogens is 302 g/mol. The molecular formula is C16H14F2N4O. The van der Waals surface area contributed by atoms with Crippen molar-refractivity contribution in [2.24, 2.45) is 10.7 Å². The number of guanidine groups is 1. The van der Waals surface area contributed by atoms with Crippen LogP contribution in [-0.4, -0.2) is 28.8 Å². The predicted molar refractivity (Wildman–Crippen MR) is 80.5 cm³/mol. The molecule has 0 aliphatic carbocycles. The Labute approximate surface area is 131 Å². The average Bonchev–Trinajstić information content (AvgIpc) is 2.71. The van der Waals surface area contributed by atoms with E-state index in [9.17, 15) is 13.6 Å². The number of rotatable bonds is 2. The van der Waals surface area contributed by atoms with Crippen LogP contribution in [0.25, 0.3) is 0 Å². The SMILES string of the molecule is Cc1cc(C2(c3cc(F)cc(F)c3)N=C(N)N(C)C2=O)ccn1. The molecule has 1 aliphatic heterocycles. The maximum absolute atomic E-state index is 13.7. The lowest BCUT2D eigenvalue weighted by atomic mass is 9.83. The number of halogens is 2. The van der Waals surface area contributed by atoms with Crippen LogP contribution in [-0.2, 0) is 10.3 Å². The third-order valence-corrected chi connectivity index (χ3v) is 3.83. The van der Waals surface area contributed by atoms with Gasteiger partial charge in [-0.2, -0.15) is 0 Å². The van der Waals surface area contributed by atoms with E-state index in [2.05, 4.69) is 9.98 Å². The van der Waals surface area contributed by atoms with E-state index in [1.54, 1.807) is 19.1 Å². The van der Waals surface area contributed by atoms with Gasteiger partial charge in [-0.25, -0.2) is 13.8 Å². The number of pyridine rings is 1. The van der Waals surface area contributed by atoms with Crippen molar-refractivity contribution in [2.45, 2.75) is 12.5 Å². The molecule has 0 spiro atoms. The predicted octanol–water partition coefficient (Wildman–Crippen LogP) is 1.70. The highest BCUT2D eigenvalue weighted by Crippen LogP contribution is 2.39. The Hall–Kier alpha value is -2.83. The number of nitrogens with two attached hydrogens (primary N) is 1. The number of hydrogen-bond acceptors (Lipinski definition) is 4. The van der Waals surface area contributed by atoms with E-state index >= 15 is 0 Å². The number of hydrogen-bond donors (Lipinski definition) is 1. The van der Waals surface area contributed by atoms with Crippen LogP contribution < -0.4 is 5.73 Å². The summed E-state index contributed by atoms with van der Waals surface area (Å²) in [6, 6.07) is 6.16. The minimum Gasteiger partial charge on any atom is -0.369 e. The van der Waals surface area contributed by atoms with Gasteiger partial charge < -0.3 is 5.73 Å². The van der Waals surface area contributed by atoms with Gasteiger partial charge in [0.2, 0.25) is 0 Å². The average molecular weight is 316 g/mol. The van der Waals surface area contributed by atoms with Crippen LogP contribution >= 0.6 is 0 Å². The smallest absolute Gasteiger partial charge is 0.266 e. The van der Waals surface area contributed by atoms with Crippen LogP contribution in [0.1, 0.15) is 16.8 Å². The summed E-state index contributed by atoms with van der Waals surface area (Å²) in [4.78, 5) is 22.3. The second-order valence-electron chi connectivity index (χ2n) is 5.39. The Kier molecular flexibility index (Phi) is 3.35. The fourth-order valence-corrected chi connectivity index (χ4v) is 2.72. The van der Waals surface area contributed by atoms with Gasteiger partial charge in [0.1, 0.15) is 11.6 Å². The highest BCUT2D eigenvalue weighted by atomic mass is 19.1. The van der Waals surface area contributed by atoms with Gasteiger partial charge in [-0.15, -0.1) is 0 Å². The molecule has 0 radical (unpaired) electrons. The molecule has 1 aromatic carbocycles. The molecule has 5 nitrogen and oxygen atoms in total. The van der Waals surface area contributed by atoms with E-state index in [4.69, 9.17) is 5.73 Å². The molecule has 2 N–H and O–H groups in total. The van der Waals surface area contributed by atoms with E-state index in [-0.39, 0.29) is 11.5 Å². The van der Waals surface area contributed by atoms with Crippen molar-refractivity contribution >= 4 is 11.9 Å². The van der Waals surface area contributed by atoms with E-state index in [0.29, 0.717) is 11.3 Å². The maximum atomic E-state index is 13.7. The number of amides is 1. The number of carbonyl (C=O) groups is 1. The standard InChI is InChI=1S/C16H14F2N4O/c1-9-5-10(3-4-20-9)16(14(23)22(2)15(19)21-16)11-6-12(17)8-13(18)7-11/h3-8H,1-2H3,(H2,19,21). The zero-order valence-electron chi connectivity index (χ0n) is 12.5. The van der Waals surface area contributed by atoms with Gasteiger partial charge in [-0.05, 0) is 42.3 Å². The summed E-state index contributed by atoms with van der Waals surface area (Å²) in [5, 5.41) is 0. The molecule has 118 valence electrons. The van der Waals surface area contributed by atoms with E-state index in [1.807, 2.05) is 0 Å². The van der Waals surface area contributed by atoms with Crippen LogP contribution in [0.15, 0.2) is 41.5 Å². The van der Waals surface area contributed by atoms with Crippen molar-refractivity contribution in [1.29, 1.82) is 0 Å². The molecule has 1 atom stereocenters. The van der Waals surface area contributed by atoms with Crippen LogP contribution in [0, 0.1) is 18.6 Å². The molecule has 0 fully saturated rings. The van der Waals surface area contributed by atoms with Crippen molar-refractivity contribution in [2.75, 3.05) is 7.05 Å². The first kappa shape index (κ1) is 15.1. The second-order valence-corrected chi connectivity index (χ2v) is 5.39. The van der Waals surface area contributed by atoms with Crippen LogP contribution in [0.5, 0.6) is 0 Å². The summed E-state index contributed by atoms with van der Waals surface area (Å²) in [5.41, 5.74) is 5.35. The Morgan fingerprint density at radius 3 is 2.30 bits per heavy atom. The summed E-state index contributed by atoms with van der Waals surface area (Å²) >= 11 is 0. The third kappa shape index (κ3) is 2.25. The fraction of sp³-hybridized carbons (Fsp3) is 0.188. The molecule has 23 heavy (non-hydrogen) atoms. The van der Waals surface area contributed by atoms with Crippen molar-refractivity contribution in [3.05, 3.63) is 65.0 Å². The summed E-state index contributed by atoms with van der Waals surface area (Å²) in [6.07, 6.45) is 1.51. The first-order valence-electron chi connectivity index (χ1n) is 6.88. The second kappa shape index (κ2) is 5.12. The summed E-state index contributed by atoms with van der Waals surface area (Å²) in [5.74, 6) is -2.08. The highest BCUT2D eigenvalue weighted by molar-refractivity contribution is 6.08. The number of carbonyl (C=O) groups excluding carboxylic acids is 1. The van der Waals surface area contributed by atoms with Gasteiger partial charge in [-0.1, -0.05) is 0 Å². The summed E-state index contributed by atoms with van der Waals surface area (Å²) in [6.45, 7) is 1.75. The van der Waals surface area contributed by atoms with Crippen molar-refractivity contribution < 1.29 is 13.6 Å². The lowest BCUT2D eigenvalue weighted by Crippen LogP contribution is -2.41. The normalized spacial score (nSPS) is 20.8. The number of likely N-dealkylation sites (N-methyl/N-ethyl adjacent to an activating group) is 1. The Balaban J connectivity index is 2.34. The van der Waals surface area contributed by atoms with Gasteiger partial charge in [0.25, 0.3) is 5.91 Å². The molecule has 1 unspecified atom stereocenters. The topological polar surface area (TPSA) is 71.6 Å². The minimum atomic E-state index is -1.62. The Bertz CT molecular complexity index is 816. The zero-order valence-corrected chi connectivity index (χ0v) is 12.5.